The molecule has 2 N–H and O–H groups in total. The zero-order chi connectivity index (χ0) is 17.7. The minimum absolute atomic E-state index is 0.0469. The molecule has 0 bridgehead atoms. The number of nitrogens with zero attached hydrogens (tertiary/aromatic N) is 1. The molecule has 8 nitrogen and oxygen atoms in total. The van der Waals surface area contributed by atoms with Crippen molar-refractivity contribution in [2.24, 2.45) is 0 Å². The van der Waals surface area contributed by atoms with Gasteiger partial charge in [0.1, 0.15) is 0 Å². The molecule has 0 unspecified atom stereocenters. The number of carbonyl (C=O) groups is 2. The predicted molar refractivity (Wildman–Crippen MR) is 85.6 cm³/mol. The lowest BCUT2D eigenvalue weighted by Gasteiger charge is -2.09. The SMILES string of the molecule is O=C(COc1ccccc1[N+](=O)[O-])Nc1cc(C(=O)O)ccc1Cl. The van der Waals surface area contributed by atoms with Gasteiger partial charge in [0, 0.05) is 6.07 Å². The lowest BCUT2D eigenvalue weighted by molar-refractivity contribution is -0.385. The number of aromatic carboxylic acids is 1. The number of ether oxygens (including phenoxy) is 1. The van der Waals surface area contributed by atoms with Crippen molar-refractivity contribution in [3.05, 3.63) is 63.2 Å². The molecular formula is C15H11ClN2O6. The average Bonchev–Trinajstić information content (AvgIpc) is 2.55. The Morgan fingerprint density at radius 1 is 1.25 bits per heavy atom. The number of para-hydroxylation sites is 2. The Hall–Kier alpha value is -3.13. The number of nitrogens with one attached hydrogen (secondary N) is 1. The maximum Gasteiger partial charge on any atom is 0.335 e. The highest BCUT2D eigenvalue weighted by Crippen LogP contribution is 2.26. The first-order valence-electron chi connectivity index (χ1n) is 6.57. The number of nitro groups is 1. The molecule has 0 fully saturated rings. The molecule has 0 heterocycles. The van der Waals surface area contributed by atoms with Crippen molar-refractivity contribution >= 4 is 34.9 Å². The first kappa shape index (κ1) is 17.2. The third-order valence-electron chi connectivity index (χ3n) is 2.91. The zero-order valence-electron chi connectivity index (χ0n) is 12.1. The fourth-order valence-corrected chi connectivity index (χ4v) is 1.98. The molecule has 24 heavy (non-hydrogen) atoms. The maximum atomic E-state index is 11.9. The Morgan fingerprint density at radius 3 is 2.62 bits per heavy atom. The molecule has 0 saturated carbocycles. The van der Waals surface area contributed by atoms with Crippen LogP contribution in [0.5, 0.6) is 5.75 Å². The van der Waals surface area contributed by atoms with Gasteiger partial charge in [-0.25, -0.2) is 4.79 Å². The van der Waals surface area contributed by atoms with Crippen molar-refractivity contribution in [2.45, 2.75) is 0 Å². The molecule has 0 aliphatic rings. The maximum absolute atomic E-state index is 11.9. The molecule has 2 rings (SSSR count). The lowest BCUT2D eigenvalue weighted by atomic mass is 10.2. The Morgan fingerprint density at radius 2 is 1.96 bits per heavy atom. The summed E-state index contributed by atoms with van der Waals surface area (Å²) in [4.78, 5) is 33.0. The molecule has 0 spiro atoms. The smallest absolute Gasteiger partial charge is 0.335 e. The van der Waals surface area contributed by atoms with Crippen molar-refractivity contribution in [3.63, 3.8) is 0 Å². The van der Waals surface area contributed by atoms with Crippen LogP contribution in [-0.4, -0.2) is 28.5 Å². The van der Waals surface area contributed by atoms with E-state index in [0.29, 0.717) is 0 Å². The largest absolute Gasteiger partial charge is 0.478 e. The molecule has 0 atom stereocenters. The average molecular weight is 351 g/mol. The van der Waals surface area contributed by atoms with Gasteiger partial charge in [0.15, 0.2) is 12.4 Å². The Bertz CT molecular complexity index is 808. The highest BCUT2D eigenvalue weighted by molar-refractivity contribution is 6.33. The number of anilines is 1. The van der Waals surface area contributed by atoms with Crippen molar-refractivity contribution in [2.75, 3.05) is 11.9 Å². The van der Waals surface area contributed by atoms with Gasteiger partial charge < -0.3 is 15.2 Å². The van der Waals surface area contributed by atoms with Gasteiger partial charge in [0.2, 0.25) is 0 Å². The first-order chi connectivity index (χ1) is 11.4. The molecule has 1 amide bonds. The van der Waals surface area contributed by atoms with Crippen LogP contribution in [0.25, 0.3) is 0 Å². The summed E-state index contributed by atoms with van der Waals surface area (Å²) in [5, 5.41) is 22.3. The van der Waals surface area contributed by atoms with Crippen LogP contribution in [0.4, 0.5) is 11.4 Å². The fraction of sp³-hybridized carbons (Fsp3) is 0.0667. The number of carbonyl (C=O) groups excluding carboxylic acids is 1. The van der Waals surface area contributed by atoms with Gasteiger partial charge in [-0.3, -0.25) is 14.9 Å². The van der Waals surface area contributed by atoms with E-state index in [2.05, 4.69) is 5.32 Å². The van der Waals surface area contributed by atoms with E-state index in [1.165, 1.54) is 42.5 Å². The quantitative estimate of drug-likeness (QED) is 0.610. The molecule has 0 aromatic heterocycles. The predicted octanol–water partition coefficient (Wildman–Crippen LogP) is 2.96. The summed E-state index contributed by atoms with van der Waals surface area (Å²) in [5.41, 5.74) is -0.210. The van der Waals surface area contributed by atoms with E-state index < -0.39 is 23.4 Å². The van der Waals surface area contributed by atoms with Gasteiger partial charge >= 0.3 is 11.7 Å². The van der Waals surface area contributed by atoms with E-state index in [1.54, 1.807) is 0 Å². The second kappa shape index (κ2) is 7.42. The number of nitro benzene ring substituents is 1. The number of carboxylic acid groups (broad SMARTS) is 1. The summed E-state index contributed by atoms with van der Waals surface area (Å²) in [6, 6.07) is 9.46. The number of amides is 1. The molecule has 0 aliphatic carbocycles. The summed E-state index contributed by atoms with van der Waals surface area (Å²) in [6.07, 6.45) is 0. The number of halogens is 1. The van der Waals surface area contributed by atoms with Crippen LogP contribution in [0.15, 0.2) is 42.5 Å². The molecular weight excluding hydrogens is 340 g/mol. The van der Waals surface area contributed by atoms with Crippen LogP contribution >= 0.6 is 11.6 Å². The number of rotatable bonds is 6. The first-order valence-corrected chi connectivity index (χ1v) is 6.95. The van der Waals surface area contributed by atoms with E-state index in [9.17, 15) is 19.7 Å². The summed E-state index contributed by atoms with van der Waals surface area (Å²) in [7, 11) is 0. The monoisotopic (exact) mass is 350 g/mol. The Balaban J connectivity index is 2.06. The molecule has 2 aromatic rings. The van der Waals surface area contributed by atoms with E-state index in [0.717, 1.165) is 0 Å². The minimum atomic E-state index is -1.17. The van der Waals surface area contributed by atoms with Crippen LogP contribution in [0.2, 0.25) is 5.02 Å². The highest BCUT2D eigenvalue weighted by atomic mass is 35.5. The highest BCUT2D eigenvalue weighted by Gasteiger charge is 2.16. The Labute approximate surface area is 140 Å². The van der Waals surface area contributed by atoms with Gasteiger partial charge in [-0.15, -0.1) is 0 Å². The number of hydrogen-bond donors (Lipinski definition) is 2. The summed E-state index contributed by atoms with van der Waals surface area (Å²) < 4.78 is 5.14. The second-order valence-electron chi connectivity index (χ2n) is 4.56. The van der Waals surface area contributed by atoms with Crippen LogP contribution in [-0.2, 0) is 4.79 Å². The van der Waals surface area contributed by atoms with E-state index >= 15 is 0 Å². The number of carboxylic acids is 1. The van der Waals surface area contributed by atoms with Gasteiger partial charge in [0.25, 0.3) is 5.91 Å². The molecule has 0 aliphatic heterocycles. The minimum Gasteiger partial charge on any atom is -0.478 e. The number of benzene rings is 2. The normalized spacial score (nSPS) is 10.0. The molecule has 0 saturated heterocycles. The third-order valence-corrected chi connectivity index (χ3v) is 3.24. The molecule has 2 aromatic carbocycles. The molecule has 9 heteroatoms. The number of hydrogen-bond acceptors (Lipinski definition) is 5. The topological polar surface area (TPSA) is 119 Å². The van der Waals surface area contributed by atoms with Crippen molar-refractivity contribution in [1.82, 2.24) is 0 Å². The van der Waals surface area contributed by atoms with E-state index in [1.807, 2.05) is 0 Å². The van der Waals surface area contributed by atoms with E-state index in [-0.39, 0.29) is 27.7 Å². The van der Waals surface area contributed by atoms with Gasteiger partial charge in [-0.2, -0.15) is 0 Å². The van der Waals surface area contributed by atoms with Gasteiger partial charge in [-0.1, -0.05) is 23.7 Å². The second-order valence-corrected chi connectivity index (χ2v) is 4.97. The van der Waals surface area contributed by atoms with E-state index in [4.69, 9.17) is 21.4 Å². The lowest BCUT2D eigenvalue weighted by Crippen LogP contribution is -2.20. The van der Waals surface area contributed by atoms with Crippen LogP contribution in [0.3, 0.4) is 0 Å². The van der Waals surface area contributed by atoms with Crippen molar-refractivity contribution < 1.29 is 24.4 Å². The zero-order valence-corrected chi connectivity index (χ0v) is 12.8. The third kappa shape index (κ3) is 4.20. The summed E-state index contributed by atoms with van der Waals surface area (Å²) in [5.74, 6) is -1.86. The standard InChI is InChI=1S/C15H11ClN2O6/c16-10-6-5-9(15(20)21)7-11(10)17-14(19)8-24-13-4-2-1-3-12(13)18(22)23/h1-7H,8H2,(H,17,19)(H,20,21). The molecule has 0 radical (unpaired) electrons. The van der Waals surface area contributed by atoms with Crippen LogP contribution in [0, 0.1) is 10.1 Å². The summed E-state index contributed by atoms with van der Waals surface area (Å²) in [6.45, 7) is -0.502. The summed E-state index contributed by atoms with van der Waals surface area (Å²) >= 11 is 5.89. The van der Waals surface area contributed by atoms with Crippen LogP contribution in [0.1, 0.15) is 10.4 Å². The van der Waals surface area contributed by atoms with Crippen molar-refractivity contribution in [1.29, 1.82) is 0 Å². The van der Waals surface area contributed by atoms with Crippen LogP contribution < -0.4 is 10.1 Å². The van der Waals surface area contributed by atoms with Gasteiger partial charge in [-0.05, 0) is 24.3 Å². The van der Waals surface area contributed by atoms with Gasteiger partial charge in [0.05, 0.1) is 21.2 Å². The van der Waals surface area contributed by atoms with Crippen molar-refractivity contribution in [3.8, 4) is 5.75 Å². The Kier molecular flexibility index (Phi) is 5.33. The fourth-order valence-electron chi connectivity index (χ4n) is 1.81. The molecule has 124 valence electrons.